The third kappa shape index (κ3) is 8.81. The SMILES string of the molecule is COC(=O)N[C@@H](C(=O)N1CCC[C@H]1c1ncc(-c2cc(F)c(N3CCC(C)(c4cnc([C@@H]5CCCN5C(=O)[C@H](NC(=O)OC)c5ccccc5)[nH]4)CC3)c(F)c2)[nH]1)c1ccccc1. The van der Waals surface area contributed by atoms with Crippen molar-refractivity contribution >= 4 is 29.7 Å². The Hall–Kier alpha value is -6.78. The molecule has 4 N–H and O–H groups in total. The predicted molar refractivity (Wildman–Crippen MR) is 228 cm³/mol. The van der Waals surface area contributed by atoms with Gasteiger partial charge in [0.1, 0.15) is 41.1 Å². The van der Waals surface area contributed by atoms with E-state index in [1.54, 1.807) is 57.3 Å². The zero-order valence-electron chi connectivity index (χ0n) is 35.4. The van der Waals surface area contributed by atoms with Gasteiger partial charge in [0.25, 0.3) is 11.8 Å². The molecule has 5 heterocycles. The van der Waals surface area contributed by atoms with E-state index in [9.17, 15) is 19.2 Å². The molecule has 0 saturated carbocycles. The van der Waals surface area contributed by atoms with Gasteiger partial charge in [0.15, 0.2) is 0 Å². The van der Waals surface area contributed by atoms with Gasteiger partial charge in [-0.2, -0.15) is 0 Å². The largest absolute Gasteiger partial charge is 0.453 e. The van der Waals surface area contributed by atoms with Crippen LogP contribution in [0.1, 0.15) is 98.1 Å². The Morgan fingerprint density at radius 1 is 0.714 bits per heavy atom. The number of halogens is 2. The number of amides is 4. The van der Waals surface area contributed by atoms with Gasteiger partial charge in [-0.15, -0.1) is 0 Å². The highest BCUT2D eigenvalue weighted by Gasteiger charge is 2.40. The second kappa shape index (κ2) is 18.3. The lowest BCUT2D eigenvalue weighted by Crippen LogP contribution is -2.43. The van der Waals surface area contributed by atoms with Crippen molar-refractivity contribution in [3.8, 4) is 11.3 Å². The van der Waals surface area contributed by atoms with E-state index in [2.05, 4.69) is 32.5 Å². The molecule has 0 aliphatic carbocycles. The molecular weight excluding hydrogens is 813 g/mol. The Bertz CT molecular complexity index is 2410. The third-order valence-corrected chi connectivity index (χ3v) is 12.7. The summed E-state index contributed by atoms with van der Waals surface area (Å²) in [4.78, 5) is 73.5. The Morgan fingerprint density at radius 3 is 1.68 bits per heavy atom. The number of hydrogen-bond acceptors (Lipinski definition) is 9. The van der Waals surface area contributed by atoms with Gasteiger partial charge < -0.3 is 44.8 Å². The standard InChI is InChI=1S/C46H51F2N9O6/c1-46(36-27-50-41(52-36)35-17-11-21-57(35)43(59)38(54-45(61)63-3)29-14-8-5-9-15-29)18-22-55(23-19-46)39-31(47)24-30(25-32(39)48)33-26-49-40(51-33)34-16-10-20-56(34)42(58)37(53-44(60)62-2)28-12-6-4-7-13-28/h4-9,12-15,24-27,34-35,37-38H,10-11,16-23H2,1-3H3,(H,49,51)(H,50,52)(H,53,60)(H,54,61)/t34-,35-,37+,38+/m0/s1. The molecule has 15 nitrogen and oxygen atoms in total. The summed E-state index contributed by atoms with van der Waals surface area (Å²) in [5.41, 5.74) is 2.33. The molecule has 3 fully saturated rings. The first-order chi connectivity index (χ1) is 30.5. The minimum absolute atomic E-state index is 0.0999. The number of methoxy groups -OCH3 is 2. The van der Waals surface area contributed by atoms with E-state index in [0.29, 0.717) is 86.8 Å². The number of anilines is 1. The highest BCUT2D eigenvalue weighted by Crippen LogP contribution is 2.41. The summed E-state index contributed by atoms with van der Waals surface area (Å²) in [7, 11) is 2.49. The molecule has 3 aliphatic rings. The Morgan fingerprint density at radius 2 is 1.19 bits per heavy atom. The Labute approximate surface area is 363 Å². The van der Waals surface area contributed by atoms with Crippen molar-refractivity contribution in [2.45, 2.75) is 75.0 Å². The second-order valence-corrected chi connectivity index (χ2v) is 16.5. The van der Waals surface area contributed by atoms with Gasteiger partial charge in [0.2, 0.25) is 0 Å². The van der Waals surface area contributed by atoms with E-state index in [1.165, 1.54) is 32.5 Å². The summed E-state index contributed by atoms with van der Waals surface area (Å²) < 4.78 is 41.6. The van der Waals surface area contributed by atoms with Crippen molar-refractivity contribution in [1.29, 1.82) is 0 Å². The molecule has 8 rings (SSSR count). The van der Waals surface area contributed by atoms with Gasteiger partial charge >= 0.3 is 12.2 Å². The molecule has 330 valence electrons. The summed E-state index contributed by atoms with van der Waals surface area (Å²) in [5.74, 6) is -0.860. The number of imidazole rings is 2. The van der Waals surface area contributed by atoms with E-state index in [1.807, 2.05) is 24.3 Å². The average Bonchev–Trinajstić information content (AvgIpc) is 4.15. The molecule has 5 aromatic rings. The van der Waals surface area contributed by atoms with E-state index >= 15 is 8.78 Å². The first kappa shape index (κ1) is 42.9. The van der Waals surface area contributed by atoms with Crippen LogP contribution in [0, 0.1) is 11.6 Å². The minimum Gasteiger partial charge on any atom is -0.453 e. The van der Waals surface area contributed by atoms with Crippen LogP contribution in [0.3, 0.4) is 0 Å². The Balaban J connectivity index is 0.930. The number of hydrogen-bond donors (Lipinski definition) is 4. The van der Waals surface area contributed by atoms with Crippen molar-refractivity contribution in [2.24, 2.45) is 0 Å². The number of H-pyrrole nitrogens is 2. The van der Waals surface area contributed by atoms with Crippen molar-refractivity contribution in [3.63, 3.8) is 0 Å². The minimum atomic E-state index is -0.980. The maximum absolute atomic E-state index is 16.0. The number of aromatic nitrogens is 4. The van der Waals surface area contributed by atoms with Crippen LogP contribution >= 0.6 is 0 Å². The topological polar surface area (TPSA) is 178 Å². The highest BCUT2D eigenvalue weighted by atomic mass is 19.1. The number of likely N-dealkylation sites (tertiary alicyclic amines) is 2. The molecule has 2 aromatic heterocycles. The van der Waals surface area contributed by atoms with Crippen LogP contribution in [0.4, 0.5) is 24.1 Å². The van der Waals surface area contributed by atoms with Crippen molar-refractivity contribution < 1.29 is 37.4 Å². The number of alkyl carbamates (subject to hydrolysis) is 2. The van der Waals surface area contributed by atoms with E-state index in [0.717, 1.165) is 12.1 Å². The van der Waals surface area contributed by atoms with Gasteiger partial charge in [-0.25, -0.2) is 28.3 Å². The fourth-order valence-electron chi connectivity index (χ4n) is 9.16. The lowest BCUT2D eigenvalue weighted by Gasteiger charge is -2.40. The number of aromatic amines is 2. The molecule has 17 heteroatoms. The van der Waals surface area contributed by atoms with E-state index in [4.69, 9.17) is 14.5 Å². The Kier molecular flexibility index (Phi) is 12.4. The molecule has 0 bridgehead atoms. The number of piperidine rings is 1. The summed E-state index contributed by atoms with van der Waals surface area (Å²) in [6.45, 7) is 3.82. The quantitative estimate of drug-likeness (QED) is 0.107. The normalized spacial score (nSPS) is 19.3. The molecule has 0 spiro atoms. The van der Waals surface area contributed by atoms with Crippen LogP contribution in [-0.4, -0.2) is 94.1 Å². The number of benzene rings is 3. The summed E-state index contributed by atoms with van der Waals surface area (Å²) in [6.07, 6.45) is 5.81. The summed E-state index contributed by atoms with van der Waals surface area (Å²) in [6, 6.07) is 17.9. The van der Waals surface area contributed by atoms with Gasteiger partial charge in [-0.05, 0) is 61.8 Å². The smallest absolute Gasteiger partial charge is 0.407 e. The first-order valence-corrected chi connectivity index (χ1v) is 21.2. The lowest BCUT2D eigenvalue weighted by atomic mass is 9.77. The summed E-state index contributed by atoms with van der Waals surface area (Å²) in [5, 5.41) is 5.34. The average molecular weight is 864 g/mol. The van der Waals surface area contributed by atoms with Crippen LogP contribution in [0.25, 0.3) is 11.3 Å². The van der Waals surface area contributed by atoms with Gasteiger partial charge in [0.05, 0.1) is 38.2 Å². The van der Waals surface area contributed by atoms with E-state index in [-0.39, 0.29) is 34.5 Å². The first-order valence-electron chi connectivity index (χ1n) is 21.2. The second-order valence-electron chi connectivity index (χ2n) is 16.5. The molecule has 63 heavy (non-hydrogen) atoms. The number of carbonyl (C=O) groups excluding carboxylic acids is 4. The van der Waals surface area contributed by atoms with Gasteiger partial charge in [-0.1, -0.05) is 67.6 Å². The van der Waals surface area contributed by atoms with Crippen molar-refractivity contribution in [1.82, 2.24) is 40.4 Å². The van der Waals surface area contributed by atoms with Crippen molar-refractivity contribution in [3.05, 3.63) is 125 Å². The molecule has 0 radical (unpaired) electrons. The number of carbonyl (C=O) groups is 4. The lowest BCUT2D eigenvalue weighted by molar-refractivity contribution is -0.135. The maximum atomic E-state index is 16.0. The zero-order valence-corrected chi connectivity index (χ0v) is 35.4. The number of ether oxygens (including phenoxy) is 2. The van der Waals surface area contributed by atoms with E-state index < -0.39 is 41.9 Å². The molecule has 4 atom stereocenters. The number of nitrogens with one attached hydrogen (secondary N) is 4. The fraction of sp³-hybridized carbons (Fsp3) is 0.391. The van der Waals surface area contributed by atoms with Crippen molar-refractivity contribution in [2.75, 3.05) is 45.3 Å². The molecule has 4 amide bonds. The van der Waals surface area contributed by atoms with Crippen LogP contribution in [0.15, 0.2) is 85.2 Å². The number of nitrogens with zero attached hydrogens (tertiary/aromatic N) is 5. The monoisotopic (exact) mass is 863 g/mol. The fourth-order valence-corrected chi connectivity index (χ4v) is 9.16. The summed E-state index contributed by atoms with van der Waals surface area (Å²) >= 11 is 0. The number of rotatable bonds is 11. The molecule has 0 unspecified atom stereocenters. The molecule has 3 aliphatic heterocycles. The van der Waals surface area contributed by atoms with Gasteiger partial charge in [0, 0.05) is 49.0 Å². The maximum Gasteiger partial charge on any atom is 0.407 e. The predicted octanol–water partition coefficient (Wildman–Crippen LogP) is 7.16. The third-order valence-electron chi connectivity index (χ3n) is 12.7. The van der Waals surface area contributed by atoms with Crippen LogP contribution in [-0.2, 0) is 24.5 Å². The zero-order chi connectivity index (χ0) is 44.3. The van der Waals surface area contributed by atoms with Crippen LogP contribution in [0.5, 0.6) is 0 Å². The molecular formula is C46H51F2N9O6. The molecule has 3 aromatic carbocycles. The highest BCUT2D eigenvalue weighted by molar-refractivity contribution is 5.88. The van der Waals surface area contributed by atoms with Crippen LogP contribution in [0.2, 0.25) is 0 Å². The van der Waals surface area contributed by atoms with Crippen LogP contribution < -0.4 is 15.5 Å². The molecule has 3 saturated heterocycles. The van der Waals surface area contributed by atoms with Gasteiger partial charge in [-0.3, -0.25) is 9.59 Å².